The van der Waals surface area contributed by atoms with Crippen LogP contribution in [0.4, 0.5) is 10.1 Å². The maximum Gasteiger partial charge on any atom is 0.125 e. The quantitative estimate of drug-likeness (QED) is 0.871. The van der Waals surface area contributed by atoms with E-state index in [0.717, 1.165) is 31.0 Å². The van der Waals surface area contributed by atoms with Crippen LogP contribution in [-0.2, 0) is 0 Å². The third-order valence-electron chi connectivity index (χ3n) is 3.85. The van der Waals surface area contributed by atoms with Crippen LogP contribution in [0.3, 0.4) is 0 Å². The van der Waals surface area contributed by atoms with E-state index in [9.17, 15) is 4.39 Å². The number of nitrogens with zero attached hydrogens (tertiary/aromatic N) is 1. The SMILES string of the molecule is CCN(c1cccc(F)c1)C1(CN)CC(C)C1. The van der Waals surface area contributed by atoms with Gasteiger partial charge in [0.15, 0.2) is 0 Å². The Morgan fingerprint density at radius 3 is 2.65 bits per heavy atom. The van der Waals surface area contributed by atoms with Gasteiger partial charge in [0.05, 0.1) is 5.54 Å². The summed E-state index contributed by atoms with van der Waals surface area (Å²) in [4.78, 5) is 2.26. The van der Waals surface area contributed by atoms with Crippen LogP contribution in [0, 0.1) is 11.7 Å². The average molecular weight is 236 g/mol. The molecule has 3 heteroatoms. The van der Waals surface area contributed by atoms with Crippen LogP contribution in [0.15, 0.2) is 24.3 Å². The van der Waals surface area contributed by atoms with E-state index in [2.05, 4.69) is 18.7 Å². The average Bonchev–Trinajstić information content (AvgIpc) is 2.27. The molecule has 0 atom stereocenters. The lowest BCUT2D eigenvalue weighted by atomic mass is 9.68. The predicted octanol–water partition coefficient (Wildman–Crippen LogP) is 2.78. The molecule has 0 bridgehead atoms. The van der Waals surface area contributed by atoms with Crippen molar-refractivity contribution < 1.29 is 4.39 Å². The van der Waals surface area contributed by atoms with E-state index in [1.54, 1.807) is 12.1 Å². The molecule has 2 nitrogen and oxygen atoms in total. The minimum absolute atomic E-state index is 0.0436. The van der Waals surface area contributed by atoms with Crippen molar-refractivity contribution in [3.8, 4) is 0 Å². The van der Waals surface area contributed by atoms with E-state index < -0.39 is 0 Å². The molecule has 1 aliphatic rings. The summed E-state index contributed by atoms with van der Waals surface area (Å²) in [6.07, 6.45) is 2.21. The minimum atomic E-state index is -0.180. The molecule has 1 saturated carbocycles. The Kier molecular flexibility index (Phi) is 3.38. The lowest BCUT2D eigenvalue weighted by Crippen LogP contribution is -2.61. The highest BCUT2D eigenvalue weighted by molar-refractivity contribution is 5.50. The van der Waals surface area contributed by atoms with Crippen LogP contribution in [0.1, 0.15) is 26.7 Å². The molecule has 2 N–H and O–H groups in total. The summed E-state index contributed by atoms with van der Waals surface area (Å²) in [5, 5.41) is 0. The van der Waals surface area contributed by atoms with Crippen molar-refractivity contribution in [1.29, 1.82) is 0 Å². The lowest BCUT2D eigenvalue weighted by Gasteiger charge is -2.54. The number of nitrogens with two attached hydrogens (primary N) is 1. The normalized spacial score (nSPS) is 27.6. The van der Waals surface area contributed by atoms with Gasteiger partial charge in [-0.05, 0) is 43.9 Å². The predicted molar refractivity (Wildman–Crippen MR) is 69.6 cm³/mol. The first kappa shape index (κ1) is 12.4. The van der Waals surface area contributed by atoms with Gasteiger partial charge in [0, 0.05) is 18.8 Å². The standard InChI is InChI=1S/C14H21FN2/c1-3-17(13-6-4-5-12(15)7-13)14(10-16)8-11(2)9-14/h4-7,11H,3,8-10,16H2,1-2H3. The Bertz CT molecular complexity index is 386. The molecule has 1 aromatic carbocycles. The molecule has 0 spiro atoms. The highest BCUT2D eigenvalue weighted by Crippen LogP contribution is 2.43. The molecular formula is C14H21FN2. The smallest absolute Gasteiger partial charge is 0.125 e. The van der Waals surface area contributed by atoms with E-state index >= 15 is 0 Å². The minimum Gasteiger partial charge on any atom is -0.365 e. The van der Waals surface area contributed by atoms with Crippen LogP contribution in [0.2, 0.25) is 0 Å². The summed E-state index contributed by atoms with van der Waals surface area (Å²) in [5.41, 5.74) is 6.94. The molecule has 1 aliphatic carbocycles. The Morgan fingerprint density at radius 2 is 2.18 bits per heavy atom. The van der Waals surface area contributed by atoms with Gasteiger partial charge in [0.2, 0.25) is 0 Å². The summed E-state index contributed by atoms with van der Waals surface area (Å²) in [7, 11) is 0. The molecule has 1 fully saturated rings. The van der Waals surface area contributed by atoms with Gasteiger partial charge < -0.3 is 10.6 Å². The molecule has 2 rings (SSSR count). The zero-order chi connectivity index (χ0) is 12.5. The first-order valence-corrected chi connectivity index (χ1v) is 6.34. The second-order valence-corrected chi connectivity index (χ2v) is 5.17. The molecule has 0 radical (unpaired) electrons. The molecule has 0 heterocycles. The third-order valence-corrected chi connectivity index (χ3v) is 3.85. The zero-order valence-corrected chi connectivity index (χ0v) is 10.6. The molecule has 0 unspecified atom stereocenters. The van der Waals surface area contributed by atoms with Gasteiger partial charge in [-0.25, -0.2) is 4.39 Å². The third kappa shape index (κ3) is 2.16. The van der Waals surface area contributed by atoms with E-state index in [4.69, 9.17) is 5.73 Å². The largest absolute Gasteiger partial charge is 0.365 e. The van der Waals surface area contributed by atoms with E-state index in [1.807, 2.05) is 6.07 Å². The Labute approximate surface area is 103 Å². The molecule has 0 saturated heterocycles. The van der Waals surface area contributed by atoms with Gasteiger partial charge >= 0.3 is 0 Å². The van der Waals surface area contributed by atoms with E-state index in [0.29, 0.717) is 6.54 Å². The summed E-state index contributed by atoms with van der Waals surface area (Å²) >= 11 is 0. The lowest BCUT2D eigenvalue weighted by molar-refractivity contribution is 0.158. The topological polar surface area (TPSA) is 29.3 Å². The van der Waals surface area contributed by atoms with Crippen molar-refractivity contribution in [3.63, 3.8) is 0 Å². The monoisotopic (exact) mass is 236 g/mol. The van der Waals surface area contributed by atoms with Crippen LogP contribution in [0.5, 0.6) is 0 Å². The van der Waals surface area contributed by atoms with Gasteiger partial charge in [-0.15, -0.1) is 0 Å². The van der Waals surface area contributed by atoms with Crippen LogP contribution < -0.4 is 10.6 Å². The number of hydrogen-bond donors (Lipinski definition) is 1. The Hall–Kier alpha value is -1.09. The molecule has 17 heavy (non-hydrogen) atoms. The Balaban J connectivity index is 2.27. The zero-order valence-electron chi connectivity index (χ0n) is 10.6. The number of hydrogen-bond acceptors (Lipinski definition) is 2. The van der Waals surface area contributed by atoms with Crippen molar-refractivity contribution in [2.75, 3.05) is 18.0 Å². The van der Waals surface area contributed by atoms with E-state index in [-0.39, 0.29) is 11.4 Å². The van der Waals surface area contributed by atoms with Crippen molar-refractivity contribution in [1.82, 2.24) is 0 Å². The second-order valence-electron chi connectivity index (χ2n) is 5.17. The number of rotatable bonds is 4. The Morgan fingerprint density at radius 1 is 1.47 bits per heavy atom. The molecular weight excluding hydrogens is 215 g/mol. The molecule has 1 aromatic rings. The van der Waals surface area contributed by atoms with Crippen molar-refractivity contribution >= 4 is 5.69 Å². The van der Waals surface area contributed by atoms with Crippen molar-refractivity contribution in [2.45, 2.75) is 32.2 Å². The van der Waals surface area contributed by atoms with Crippen molar-refractivity contribution in [2.24, 2.45) is 11.7 Å². The summed E-state index contributed by atoms with van der Waals surface area (Å²) in [6.45, 7) is 5.85. The van der Waals surface area contributed by atoms with Gasteiger partial charge in [-0.3, -0.25) is 0 Å². The van der Waals surface area contributed by atoms with Gasteiger partial charge in [0.25, 0.3) is 0 Å². The van der Waals surface area contributed by atoms with E-state index in [1.165, 1.54) is 6.07 Å². The fraction of sp³-hybridized carbons (Fsp3) is 0.571. The maximum atomic E-state index is 13.3. The van der Waals surface area contributed by atoms with Gasteiger partial charge in [0.1, 0.15) is 5.82 Å². The first-order valence-electron chi connectivity index (χ1n) is 6.34. The summed E-state index contributed by atoms with van der Waals surface area (Å²) < 4.78 is 13.3. The highest BCUT2D eigenvalue weighted by Gasteiger charge is 2.45. The summed E-state index contributed by atoms with van der Waals surface area (Å²) in [5.74, 6) is 0.543. The fourth-order valence-electron chi connectivity index (χ4n) is 3.17. The number of likely N-dealkylation sites (N-methyl/N-ethyl adjacent to an activating group) is 1. The van der Waals surface area contributed by atoms with Crippen LogP contribution >= 0.6 is 0 Å². The van der Waals surface area contributed by atoms with Crippen LogP contribution in [-0.4, -0.2) is 18.6 Å². The summed E-state index contributed by atoms with van der Waals surface area (Å²) in [6, 6.07) is 6.81. The maximum absolute atomic E-state index is 13.3. The first-order chi connectivity index (χ1) is 8.11. The molecule has 0 amide bonds. The molecule has 0 aromatic heterocycles. The highest BCUT2D eigenvalue weighted by atomic mass is 19.1. The van der Waals surface area contributed by atoms with Gasteiger partial charge in [-0.2, -0.15) is 0 Å². The number of anilines is 1. The fourth-order valence-corrected chi connectivity index (χ4v) is 3.17. The number of halogens is 1. The van der Waals surface area contributed by atoms with Crippen molar-refractivity contribution in [3.05, 3.63) is 30.1 Å². The number of benzene rings is 1. The molecule has 0 aliphatic heterocycles. The molecule has 94 valence electrons. The second kappa shape index (κ2) is 4.65. The van der Waals surface area contributed by atoms with Gasteiger partial charge in [-0.1, -0.05) is 13.0 Å². The van der Waals surface area contributed by atoms with Crippen LogP contribution in [0.25, 0.3) is 0 Å².